The molecular weight excluding hydrogens is 262 g/mol. The minimum absolute atomic E-state index is 0.357. The van der Waals surface area contributed by atoms with E-state index in [1.54, 1.807) is 0 Å². The van der Waals surface area contributed by atoms with Crippen molar-refractivity contribution in [2.75, 3.05) is 6.61 Å². The number of nitrogens with zero attached hydrogens (tertiary/aromatic N) is 3. The first kappa shape index (κ1) is 15.5. The van der Waals surface area contributed by atoms with Gasteiger partial charge in [-0.2, -0.15) is 0 Å². The van der Waals surface area contributed by atoms with Crippen LogP contribution in [0, 0.1) is 5.92 Å². The number of rotatable bonds is 7. The lowest BCUT2D eigenvalue weighted by Crippen LogP contribution is -2.08. The predicted octanol–water partition coefficient (Wildman–Crippen LogP) is 3.68. The zero-order valence-corrected chi connectivity index (χ0v) is 13.4. The molecule has 1 aromatic heterocycles. The SMILES string of the molecule is CCn1cc(CC(C)c2ccccc2OCC(C)C)nn1. The maximum Gasteiger partial charge on any atom is 0.122 e. The summed E-state index contributed by atoms with van der Waals surface area (Å²) in [4.78, 5) is 0. The van der Waals surface area contributed by atoms with Gasteiger partial charge < -0.3 is 4.74 Å². The van der Waals surface area contributed by atoms with Crippen molar-refractivity contribution < 1.29 is 4.74 Å². The molecule has 0 aliphatic heterocycles. The van der Waals surface area contributed by atoms with Crippen LogP contribution in [0.4, 0.5) is 0 Å². The lowest BCUT2D eigenvalue weighted by molar-refractivity contribution is 0.267. The fourth-order valence-electron chi connectivity index (χ4n) is 2.29. The van der Waals surface area contributed by atoms with Gasteiger partial charge in [0.05, 0.1) is 12.3 Å². The minimum Gasteiger partial charge on any atom is -0.493 e. The molecule has 2 aromatic rings. The maximum atomic E-state index is 5.94. The normalized spacial score (nSPS) is 12.6. The fraction of sp³-hybridized carbons (Fsp3) is 0.529. The van der Waals surface area contributed by atoms with Gasteiger partial charge in [0.1, 0.15) is 5.75 Å². The largest absolute Gasteiger partial charge is 0.493 e. The summed E-state index contributed by atoms with van der Waals surface area (Å²) in [5.41, 5.74) is 2.27. The Balaban J connectivity index is 2.09. The molecule has 0 bridgehead atoms. The third-order valence-electron chi connectivity index (χ3n) is 3.45. The molecule has 0 amide bonds. The van der Waals surface area contributed by atoms with E-state index in [1.165, 1.54) is 5.56 Å². The summed E-state index contributed by atoms with van der Waals surface area (Å²) in [6.07, 6.45) is 2.90. The summed E-state index contributed by atoms with van der Waals surface area (Å²) < 4.78 is 7.81. The van der Waals surface area contributed by atoms with Crippen LogP contribution in [0.1, 0.15) is 44.9 Å². The average molecular weight is 287 g/mol. The van der Waals surface area contributed by atoms with E-state index in [-0.39, 0.29) is 0 Å². The fourth-order valence-corrected chi connectivity index (χ4v) is 2.29. The van der Waals surface area contributed by atoms with Gasteiger partial charge in [-0.1, -0.05) is 44.2 Å². The molecule has 0 radical (unpaired) electrons. The van der Waals surface area contributed by atoms with Gasteiger partial charge >= 0.3 is 0 Å². The summed E-state index contributed by atoms with van der Waals surface area (Å²) in [6.45, 7) is 10.2. The highest BCUT2D eigenvalue weighted by Crippen LogP contribution is 2.28. The Morgan fingerprint density at radius 2 is 1.95 bits per heavy atom. The molecule has 0 aliphatic carbocycles. The molecule has 1 unspecified atom stereocenters. The van der Waals surface area contributed by atoms with E-state index in [0.717, 1.165) is 31.0 Å². The first-order valence-corrected chi connectivity index (χ1v) is 7.70. The standard InChI is InChI=1S/C17H25N3O/c1-5-20-11-15(18-19-20)10-14(4)16-8-6-7-9-17(16)21-12-13(2)3/h6-9,11,13-14H,5,10,12H2,1-4H3. The monoisotopic (exact) mass is 287 g/mol. The van der Waals surface area contributed by atoms with Crippen molar-refractivity contribution in [3.63, 3.8) is 0 Å². The molecule has 0 saturated heterocycles. The molecule has 1 aromatic carbocycles. The van der Waals surface area contributed by atoms with Crippen LogP contribution in [0.15, 0.2) is 30.5 Å². The molecule has 0 N–H and O–H groups in total. The van der Waals surface area contributed by atoms with E-state index in [0.29, 0.717) is 11.8 Å². The van der Waals surface area contributed by atoms with Crippen molar-refractivity contribution in [2.45, 2.75) is 46.6 Å². The number of aryl methyl sites for hydroxylation is 1. The van der Waals surface area contributed by atoms with Gasteiger partial charge in [-0.3, -0.25) is 4.68 Å². The van der Waals surface area contributed by atoms with E-state index in [4.69, 9.17) is 4.74 Å². The molecular formula is C17H25N3O. The molecule has 4 heteroatoms. The van der Waals surface area contributed by atoms with Crippen molar-refractivity contribution in [3.05, 3.63) is 41.7 Å². The van der Waals surface area contributed by atoms with Crippen molar-refractivity contribution in [3.8, 4) is 5.75 Å². The van der Waals surface area contributed by atoms with E-state index in [9.17, 15) is 0 Å². The van der Waals surface area contributed by atoms with Crippen molar-refractivity contribution in [1.82, 2.24) is 15.0 Å². The number of ether oxygens (including phenoxy) is 1. The first-order chi connectivity index (χ1) is 10.1. The van der Waals surface area contributed by atoms with Gasteiger partial charge in [-0.15, -0.1) is 5.10 Å². The smallest absolute Gasteiger partial charge is 0.122 e. The van der Waals surface area contributed by atoms with Crippen LogP contribution in [-0.4, -0.2) is 21.6 Å². The molecule has 0 saturated carbocycles. The molecule has 4 nitrogen and oxygen atoms in total. The topological polar surface area (TPSA) is 39.9 Å². The number of para-hydroxylation sites is 1. The number of hydrogen-bond acceptors (Lipinski definition) is 3. The van der Waals surface area contributed by atoms with Crippen molar-refractivity contribution in [1.29, 1.82) is 0 Å². The van der Waals surface area contributed by atoms with E-state index in [2.05, 4.69) is 56.2 Å². The van der Waals surface area contributed by atoms with Crippen molar-refractivity contribution in [2.24, 2.45) is 5.92 Å². The molecule has 114 valence electrons. The van der Waals surface area contributed by atoms with Crippen LogP contribution in [-0.2, 0) is 13.0 Å². The molecule has 0 fully saturated rings. The van der Waals surface area contributed by atoms with Gasteiger partial charge in [0.25, 0.3) is 0 Å². The maximum absolute atomic E-state index is 5.94. The number of benzene rings is 1. The Bertz CT molecular complexity index is 563. The molecule has 1 heterocycles. The van der Waals surface area contributed by atoms with E-state index >= 15 is 0 Å². The van der Waals surface area contributed by atoms with Crippen LogP contribution < -0.4 is 4.74 Å². The van der Waals surface area contributed by atoms with Crippen LogP contribution in [0.25, 0.3) is 0 Å². The summed E-state index contributed by atoms with van der Waals surface area (Å²) in [6, 6.07) is 8.29. The predicted molar refractivity (Wildman–Crippen MR) is 84.6 cm³/mol. The Morgan fingerprint density at radius 3 is 2.62 bits per heavy atom. The third kappa shape index (κ3) is 4.31. The Labute approximate surface area is 127 Å². The van der Waals surface area contributed by atoms with Crippen LogP contribution in [0.3, 0.4) is 0 Å². The zero-order chi connectivity index (χ0) is 15.2. The minimum atomic E-state index is 0.357. The summed E-state index contributed by atoms with van der Waals surface area (Å²) >= 11 is 0. The molecule has 0 aliphatic rings. The van der Waals surface area contributed by atoms with E-state index < -0.39 is 0 Å². The third-order valence-corrected chi connectivity index (χ3v) is 3.45. The quantitative estimate of drug-likeness (QED) is 0.780. The Hall–Kier alpha value is -1.84. The first-order valence-electron chi connectivity index (χ1n) is 7.70. The summed E-state index contributed by atoms with van der Waals surface area (Å²) in [5.74, 6) is 1.87. The lowest BCUT2D eigenvalue weighted by atomic mass is 9.95. The number of aromatic nitrogens is 3. The molecule has 1 atom stereocenters. The van der Waals surface area contributed by atoms with Gasteiger partial charge in [0, 0.05) is 12.7 Å². The van der Waals surface area contributed by atoms with Crippen LogP contribution in [0.5, 0.6) is 5.75 Å². The van der Waals surface area contributed by atoms with Gasteiger partial charge in [0.2, 0.25) is 0 Å². The second-order valence-electron chi connectivity index (χ2n) is 5.91. The highest BCUT2D eigenvalue weighted by Gasteiger charge is 2.14. The van der Waals surface area contributed by atoms with Crippen molar-refractivity contribution >= 4 is 0 Å². The zero-order valence-electron chi connectivity index (χ0n) is 13.4. The van der Waals surface area contributed by atoms with Gasteiger partial charge in [-0.05, 0) is 36.8 Å². The van der Waals surface area contributed by atoms with Gasteiger partial charge in [-0.25, -0.2) is 0 Å². The second-order valence-corrected chi connectivity index (χ2v) is 5.91. The Morgan fingerprint density at radius 1 is 1.19 bits per heavy atom. The Kier molecular flexibility index (Phi) is 5.37. The second kappa shape index (κ2) is 7.25. The summed E-state index contributed by atoms with van der Waals surface area (Å²) in [7, 11) is 0. The summed E-state index contributed by atoms with van der Waals surface area (Å²) in [5, 5.41) is 8.33. The van der Waals surface area contributed by atoms with Crippen LogP contribution in [0.2, 0.25) is 0 Å². The molecule has 2 rings (SSSR count). The molecule has 0 spiro atoms. The lowest BCUT2D eigenvalue weighted by Gasteiger charge is -2.17. The van der Waals surface area contributed by atoms with Gasteiger partial charge in [0.15, 0.2) is 0 Å². The number of hydrogen-bond donors (Lipinski definition) is 0. The highest BCUT2D eigenvalue weighted by atomic mass is 16.5. The molecule has 21 heavy (non-hydrogen) atoms. The van der Waals surface area contributed by atoms with Crippen LogP contribution >= 0.6 is 0 Å². The highest BCUT2D eigenvalue weighted by molar-refractivity contribution is 5.36. The van der Waals surface area contributed by atoms with E-state index in [1.807, 2.05) is 16.9 Å². The average Bonchev–Trinajstić information content (AvgIpc) is 2.93.